The molecule has 1 aliphatic rings. The predicted octanol–water partition coefficient (Wildman–Crippen LogP) is 1.42. The van der Waals surface area contributed by atoms with Crippen LogP contribution in [0.25, 0.3) is 11.0 Å². The van der Waals surface area contributed by atoms with Gasteiger partial charge in [-0.3, -0.25) is 0 Å². The van der Waals surface area contributed by atoms with Crippen LogP contribution in [0.1, 0.15) is 45.4 Å². The van der Waals surface area contributed by atoms with Crippen molar-refractivity contribution in [1.29, 1.82) is 0 Å². The van der Waals surface area contributed by atoms with E-state index >= 15 is 0 Å². The summed E-state index contributed by atoms with van der Waals surface area (Å²) in [4.78, 5) is 12.3. The largest absolute Gasteiger partial charge is 0.504 e. The molecule has 33 heavy (non-hydrogen) atoms. The first-order valence-electron chi connectivity index (χ1n) is 11.3. The third kappa shape index (κ3) is 5.96. The van der Waals surface area contributed by atoms with Crippen molar-refractivity contribution in [2.75, 3.05) is 13.2 Å². The van der Waals surface area contributed by atoms with Gasteiger partial charge in [0.05, 0.1) is 18.6 Å². The molecule has 1 saturated heterocycles. The predicted molar refractivity (Wildman–Crippen MR) is 117 cm³/mol. The molecule has 5 N–H and O–H groups in total. The number of rotatable bonds is 11. The lowest BCUT2D eigenvalue weighted by Gasteiger charge is -2.39. The van der Waals surface area contributed by atoms with Crippen LogP contribution in [-0.4, -0.2) is 69.5 Å². The quantitative estimate of drug-likeness (QED) is 0.241. The minimum absolute atomic E-state index is 0.0199. The lowest BCUT2D eigenvalue weighted by Crippen LogP contribution is -2.60. The highest BCUT2D eigenvalue weighted by atomic mass is 16.7. The van der Waals surface area contributed by atoms with Crippen LogP contribution in [0, 0.1) is 0 Å². The van der Waals surface area contributed by atoms with Gasteiger partial charge >= 0.3 is 5.63 Å². The highest BCUT2D eigenvalue weighted by molar-refractivity contribution is 5.86. The van der Waals surface area contributed by atoms with Crippen molar-refractivity contribution >= 4 is 11.0 Å². The van der Waals surface area contributed by atoms with E-state index in [9.17, 15) is 30.3 Å². The fraction of sp³-hybridized carbons (Fsp3) is 0.609. The first-order chi connectivity index (χ1) is 15.9. The van der Waals surface area contributed by atoms with Crippen molar-refractivity contribution in [2.45, 2.75) is 76.2 Å². The zero-order valence-corrected chi connectivity index (χ0v) is 18.6. The second kappa shape index (κ2) is 11.7. The Labute approximate surface area is 190 Å². The van der Waals surface area contributed by atoms with E-state index in [2.05, 4.69) is 6.92 Å². The van der Waals surface area contributed by atoms with Gasteiger partial charge in [-0.25, -0.2) is 4.79 Å². The Kier molecular flexibility index (Phi) is 8.93. The number of aromatic hydroxyl groups is 1. The molecular weight excluding hydrogens is 436 g/mol. The third-order valence-corrected chi connectivity index (χ3v) is 5.66. The molecule has 3 rings (SSSR count). The summed E-state index contributed by atoms with van der Waals surface area (Å²) in [5, 5.41) is 49.9. The second-order valence-corrected chi connectivity index (χ2v) is 8.16. The molecule has 2 heterocycles. The molecule has 0 radical (unpaired) electrons. The van der Waals surface area contributed by atoms with Crippen molar-refractivity contribution in [2.24, 2.45) is 0 Å². The fourth-order valence-corrected chi connectivity index (χ4v) is 3.70. The summed E-state index contributed by atoms with van der Waals surface area (Å²) in [6.07, 6.45) is -0.862. The maximum Gasteiger partial charge on any atom is 0.383 e. The fourth-order valence-electron chi connectivity index (χ4n) is 3.70. The molecule has 0 amide bonds. The van der Waals surface area contributed by atoms with Crippen molar-refractivity contribution in [3.8, 4) is 17.2 Å². The third-order valence-electron chi connectivity index (χ3n) is 5.66. The first-order valence-corrected chi connectivity index (χ1v) is 11.3. The topological polar surface area (TPSA) is 159 Å². The summed E-state index contributed by atoms with van der Waals surface area (Å²) >= 11 is 0. The Morgan fingerprint density at radius 1 is 1.00 bits per heavy atom. The summed E-state index contributed by atoms with van der Waals surface area (Å²) < 4.78 is 21.6. The van der Waals surface area contributed by atoms with Gasteiger partial charge in [-0.15, -0.1) is 0 Å². The summed E-state index contributed by atoms with van der Waals surface area (Å²) in [6, 6.07) is 4.21. The van der Waals surface area contributed by atoms with E-state index in [1.165, 1.54) is 24.6 Å². The van der Waals surface area contributed by atoms with Crippen LogP contribution in [0.2, 0.25) is 0 Å². The number of benzene rings is 1. The molecule has 1 unspecified atom stereocenters. The monoisotopic (exact) mass is 468 g/mol. The van der Waals surface area contributed by atoms with Gasteiger partial charge in [0, 0.05) is 6.07 Å². The van der Waals surface area contributed by atoms with Crippen LogP contribution in [0.4, 0.5) is 0 Å². The van der Waals surface area contributed by atoms with Crippen LogP contribution < -0.4 is 15.1 Å². The van der Waals surface area contributed by atoms with E-state index in [0.717, 1.165) is 32.1 Å². The smallest absolute Gasteiger partial charge is 0.383 e. The molecule has 0 bridgehead atoms. The first kappa shape index (κ1) is 25.3. The molecule has 10 nitrogen and oxygen atoms in total. The van der Waals surface area contributed by atoms with E-state index in [-0.39, 0.29) is 34.8 Å². The van der Waals surface area contributed by atoms with Gasteiger partial charge in [0.25, 0.3) is 0 Å². The number of ether oxygens (including phenoxy) is 3. The van der Waals surface area contributed by atoms with Crippen molar-refractivity contribution in [3.63, 3.8) is 0 Å². The van der Waals surface area contributed by atoms with E-state index in [1.807, 2.05) is 0 Å². The minimum atomic E-state index is -1.59. The van der Waals surface area contributed by atoms with Gasteiger partial charge in [0.1, 0.15) is 35.7 Å². The molecule has 184 valence electrons. The number of fused-ring (bicyclic) bond motifs is 1. The molecule has 10 heteroatoms. The van der Waals surface area contributed by atoms with Crippen LogP contribution in [0.5, 0.6) is 17.2 Å². The van der Waals surface area contributed by atoms with Gasteiger partial charge in [0.2, 0.25) is 12.0 Å². The number of aliphatic hydroxyl groups excluding tert-OH is 4. The van der Waals surface area contributed by atoms with E-state index in [0.29, 0.717) is 0 Å². The lowest BCUT2D eigenvalue weighted by atomic mass is 9.99. The number of hydrogen-bond acceptors (Lipinski definition) is 10. The Bertz CT molecular complexity index is 956. The van der Waals surface area contributed by atoms with Crippen molar-refractivity contribution < 1.29 is 44.2 Å². The van der Waals surface area contributed by atoms with Gasteiger partial charge < -0.3 is 44.2 Å². The van der Waals surface area contributed by atoms with Gasteiger partial charge in [0.15, 0.2) is 5.75 Å². The molecule has 5 atom stereocenters. The van der Waals surface area contributed by atoms with Crippen molar-refractivity contribution in [1.82, 2.24) is 0 Å². The standard InChI is InChI=1S/C23H32O10/c1-2-3-4-5-6-7-10-30-21-17(25)14-9-8-13(11-15(14)32-22(21)29)31-23-20(28)19(27)18(26)16(12-24)33-23/h8-9,11,16,18-20,23-28H,2-7,10,12H2,1H3/t16-,18+,19+,20-,23?/m1/s1. The zero-order chi connectivity index (χ0) is 24.0. The minimum Gasteiger partial charge on any atom is -0.504 e. The summed E-state index contributed by atoms with van der Waals surface area (Å²) in [6.45, 7) is 1.84. The Hall–Kier alpha value is -2.37. The Morgan fingerprint density at radius 3 is 2.45 bits per heavy atom. The molecule has 0 saturated carbocycles. The molecule has 2 aromatic rings. The lowest BCUT2D eigenvalue weighted by molar-refractivity contribution is -0.277. The Balaban J connectivity index is 1.69. The van der Waals surface area contributed by atoms with Crippen LogP contribution in [0.15, 0.2) is 27.4 Å². The zero-order valence-electron chi connectivity index (χ0n) is 18.6. The van der Waals surface area contributed by atoms with Crippen LogP contribution >= 0.6 is 0 Å². The SMILES string of the molecule is CCCCCCCCOc1c(O)c2ccc(OC3O[C@H](CO)[C@H](O)[C@H](O)[C@H]3O)cc2oc1=O. The maximum atomic E-state index is 12.3. The van der Waals surface area contributed by atoms with Crippen molar-refractivity contribution in [3.05, 3.63) is 28.6 Å². The summed E-state index contributed by atoms with van der Waals surface area (Å²) in [5.74, 6) is -0.486. The summed E-state index contributed by atoms with van der Waals surface area (Å²) in [5.41, 5.74) is -0.817. The maximum absolute atomic E-state index is 12.3. The molecule has 0 aliphatic carbocycles. The molecule has 1 aliphatic heterocycles. The van der Waals surface area contributed by atoms with E-state index in [4.69, 9.17) is 18.6 Å². The molecule has 0 spiro atoms. The Morgan fingerprint density at radius 2 is 1.73 bits per heavy atom. The van der Waals surface area contributed by atoms with Crippen LogP contribution in [0.3, 0.4) is 0 Å². The molecule has 1 aromatic carbocycles. The van der Waals surface area contributed by atoms with Crippen LogP contribution in [-0.2, 0) is 4.74 Å². The average molecular weight is 468 g/mol. The number of unbranched alkanes of at least 4 members (excludes halogenated alkanes) is 5. The number of aliphatic hydroxyl groups is 4. The number of hydrogen-bond donors (Lipinski definition) is 5. The highest BCUT2D eigenvalue weighted by Gasteiger charge is 2.44. The molecule has 1 aromatic heterocycles. The van der Waals surface area contributed by atoms with Gasteiger partial charge in [-0.2, -0.15) is 0 Å². The van der Waals surface area contributed by atoms with E-state index < -0.39 is 42.9 Å². The van der Waals surface area contributed by atoms with Gasteiger partial charge in [-0.05, 0) is 18.6 Å². The second-order valence-electron chi connectivity index (χ2n) is 8.16. The van der Waals surface area contributed by atoms with Gasteiger partial charge in [-0.1, -0.05) is 39.0 Å². The molecule has 1 fully saturated rings. The normalized spacial score (nSPS) is 25.3. The molecular formula is C23H32O10. The average Bonchev–Trinajstić information content (AvgIpc) is 2.80. The summed E-state index contributed by atoms with van der Waals surface area (Å²) in [7, 11) is 0. The van der Waals surface area contributed by atoms with E-state index in [1.54, 1.807) is 0 Å². The highest BCUT2D eigenvalue weighted by Crippen LogP contribution is 2.34.